The highest BCUT2D eigenvalue weighted by molar-refractivity contribution is 5.93. The van der Waals surface area contributed by atoms with E-state index >= 15 is 0 Å². The summed E-state index contributed by atoms with van der Waals surface area (Å²) in [5, 5.41) is 2.66. The second-order valence-corrected chi connectivity index (χ2v) is 9.47. The van der Waals surface area contributed by atoms with E-state index in [4.69, 9.17) is 10.5 Å². The van der Waals surface area contributed by atoms with Crippen molar-refractivity contribution >= 4 is 11.8 Å². The molecule has 2 atom stereocenters. The van der Waals surface area contributed by atoms with Gasteiger partial charge in [-0.2, -0.15) is 13.2 Å². The second-order valence-electron chi connectivity index (χ2n) is 9.47. The molecule has 1 saturated carbocycles. The number of halogens is 5. The number of pyridine rings is 1. The number of ether oxygens (including phenoxy) is 1. The minimum atomic E-state index is -4.49. The molecule has 0 spiro atoms. The van der Waals surface area contributed by atoms with E-state index in [1.54, 1.807) is 19.0 Å². The molecule has 2 amide bonds. The molecule has 0 saturated heterocycles. The summed E-state index contributed by atoms with van der Waals surface area (Å²) < 4.78 is 75.2. The van der Waals surface area contributed by atoms with E-state index < -0.39 is 59.0 Å². The highest BCUT2D eigenvalue weighted by Crippen LogP contribution is 2.66. The van der Waals surface area contributed by atoms with Crippen molar-refractivity contribution in [3.05, 3.63) is 58.8 Å². The third kappa shape index (κ3) is 6.35. The van der Waals surface area contributed by atoms with Gasteiger partial charge in [-0.25, -0.2) is 13.8 Å². The van der Waals surface area contributed by atoms with Crippen LogP contribution in [-0.2, 0) is 11.2 Å². The van der Waals surface area contributed by atoms with Crippen molar-refractivity contribution in [3.63, 3.8) is 0 Å². The van der Waals surface area contributed by atoms with E-state index in [0.717, 1.165) is 12.1 Å². The summed E-state index contributed by atoms with van der Waals surface area (Å²) in [5.74, 6) is -4.90. The standard InChI is InChI=1S/C25H29F5N4O3/c1-34(2)16(8-14-9-18(26)22(23(31)36)19(27)10-14)13-32-20(35)11-17(24(6-7-24)25(28,29)30)15-4-5-21(37-3)33-12-15/h4-5,9-10,12,16-17H,6-8,11,13H2,1-3H3,(H2,31,36)(H,32,35). The maximum Gasteiger partial charge on any atom is 0.395 e. The molecule has 1 fully saturated rings. The summed E-state index contributed by atoms with van der Waals surface area (Å²) >= 11 is 0. The number of hydrogen-bond acceptors (Lipinski definition) is 5. The fraction of sp³-hybridized carbons (Fsp3) is 0.480. The molecule has 3 rings (SSSR count). The predicted molar refractivity (Wildman–Crippen MR) is 125 cm³/mol. The normalized spacial score (nSPS) is 16.2. The lowest BCUT2D eigenvalue weighted by molar-refractivity contribution is -0.194. The second kappa shape index (κ2) is 11.0. The summed E-state index contributed by atoms with van der Waals surface area (Å²) in [7, 11) is 4.77. The van der Waals surface area contributed by atoms with Crippen molar-refractivity contribution in [2.75, 3.05) is 27.7 Å². The molecule has 0 bridgehead atoms. The first-order valence-corrected chi connectivity index (χ1v) is 11.6. The summed E-state index contributed by atoms with van der Waals surface area (Å²) in [4.78, 5) is 29.8. The molecule has 1 aromatic carbocycles. The summed E-state index contributed by atoms with van der Waals surface area (Å²) in [6, 6.07) is 4.48. The Morgan fingerprint density at radius 1 is 1.19 bits per heavy atom. The first kappa shape index (κ1) is 28.3. The number of nitrogens with two attached hydrogens (primary N) is 1. The van der Waals surface area contributed by atoms with Gasteiger partial charge in [0.25, 0.3) is 5.91 Å². The molecule has 1 aliphatic carbocycles. The molecule has 0 aliphatic heterocycles. The van der Waals surface area contributed by atoms with Gasteiger partial charge in [0.15, 0.2) is 0 Å². The molecule has 202 valence electrons. The van der Waals surface area contributed by atoms with E-state index in [1.165, 1.54) is 25.4 Å². The Balaban J connectivity index is 1.73. The van der Waals surface area contributed by atoms with Crippen LogP contribution in [0.15, 0.2) is 30.5 Å². The Labute approximate surface area is 211 Å². The fourth-order valence-corrected chi connectivity index (χ4v) is 4.49. The number of nitrogens with one attached hydrogen (secondary N) is 1. The number of methoxy groups -OCH3 is 1. The van der Waals surface area contributed by atoms with E-state index in [-0.39, 0.29) is 42.8 Å². The summed E-state index contributed by atoms with van der Waals surface area (Å²) in [6.45, 7) is 0.0131. The van der Waals surface area contributed by atoms with Crippen molar-refractivity contribution in [1.82, 2.24) is 15.2 Å². The number of carbonyl (C=O) groups is 2. The quantitative estimate of drug-likeness (QED) is 0.435. The Morgan fingerprint density at radius 2 is 1.81 bits per heavy atom. The molecule has 0 radical (unpaired) electrons. The average Bonchev–Trinajstić information content (AvgIpc) is 3.61. The zero-order valence-electron chi connectivity index (χ0n) is 20.7. The van der Waals surface area contributed by atoms with Crippen LogP contribution in [0.5, 0.6) is 5.88 Å². The maximum absolute atomic E-state index is 14.2. The van der Waals surface area contributed by atoms with Crippen molar-refractivity contribution in [1.29, 1.82) is 0 Å². The minimum absolute atomic E-state index is 0.0131. The molecule has 2 aromatic rings. The molecule has 1 aromatic heterocycles. The van der Waals surface area contributed by atoms with Crippen LogP contribution in [-0.4, -0.2) is 61.7 Å². The van der Waals surface area contributed by atoms with Crippen LogP contribution < -0.4 is 15.8 Å². The molecule has 1 heterocycles. The number of carbonyl (C=O) groups excluding carboxylic acids is 2. The van der Waals surface area contributed by atoms with Gasteiger partial charge in [-0.3, -0.25) is 9.59 Å². The van der Waals surface area contributed by atoms with Crippen LogP contribution >= 0.6 is 0 Å². The number of benzene rings is 1. The van der Waals surface area contributed by atoms with Gasteiger partial charge in [0.05, 0.1) is 12.5 Å². The third-order valence-electron chi connectivity index (χ3n) is 6.87. The van der Waals surface area contributed by atoms with Gasteiger partial charge in [0.1, 0.15) is 17.2 Å². The van der Waals surface area contributed by atoms with Crippen molar-refractivity contribution in [2.24, 2.45) is 11.1 Å². The van der Waals surface area contributed by atoms with E-state index in [9.17, 15) is 31.5 Å². The Hall–Kier alpha value is -3.28. The number of primary amides is 1. The maximum atomic E-state index is 14.2. The molecule has 7 nitrogen and oxygen atoms in total. The van der Waals surface area contributed by atoms with Gasteiger partial charge < -0.3 is 20.7 Å². The minimum Gasteiger partial charge on any atom is -0.481 e. The lowest BCUT2D eigenvalue weighted by Crippen LogP contribution is -2.42. The SMILES string of the molecule is COc1ccc(C(CC(=O)NCC(Cc2cc(F)c(C(N)=O)c(F)c2)N(C)C)C2(C(F)(F)F)CC2)cn1. The van der Waals surface area contributed by atoms with Crippen molar-refractivity contribution in [3.8, 4) is 5.88 Å². The number of nitrogens with zero attached hydrogens (tertiary/aromatic N) is 2. The highest BCUT2D eigenvalue weighted by atomic mass is 19.4. The van der Waals surface area contributed by atoms with E-state index in [2.05, 4.69) is 10.3 Å². The van der Waals surface area contributed by atoms with Gasteiger partial charge in [-0.1, -0.05) is 6.07 Å². The lowest BCUT2D eigenvalue weighted by atomic mass is 9.80. The zero-order valence-corrected chi connectivity index (χ0v) is 20.7. The van der Waals surface area contributed by atoms with Gasteiger partial charge in [-0.15, -0.1) is 0 Å². The van der Waals surface area contributed by atoms with Gasteiger partial charge in [-0.05, 0) is 56.6 Å². The highest BCUT2D eigenvalue weighted by Gasteiger charge is 2.67. The van der Waals surface area contributed by atoms with Crippen LogP contribution in [0.25, 0.3) is 0 Å². The lowest BCUT2D eigenvalue weighted by Gasteiger charge is -2.30. The molecule has 1 aliphatic rings. The summed E-state index contributed by atoms with van der Waals surface area (Å²) in [5.41, 5.74) is 2.67. The third-order valence-corrected chi connectivity index (χ3v) is 6.87. The molecular weight excluding hydrogens is 499 g/mol. The Bertz CT molecular complexity index is 1110. The monoisotopic (exact) mass is 528 g/mol. The number of likely N-dealkylation sites (N-methyl/N-ethyl adjacent to an activating group) is 1. The number of amides is 2. The van der Waals surface area contributed by atoms with Crippen LogP contribution in [0.2, 0.25) is 0 Å². The van der Waals surface area contributed by atoms with E-state index in [1.807, 2.05) is 0 Å². The molecule has 3 N–H and O–H groups in total. The number of rotatable bonds is 11. The Morgan fingerprint density at radius 3 is 2.24 bits per heavy atom. The zero-order chi connectivity index (χ0) is 27.5. The van der Waals surface area contributed by atoms with Crippen molar-refractivity contribution in [2.45, 2.75) is 43.8 Å². The van der Waals surface area contributed by atoms with Gasteiger partial charge in [0, 0.05) is 37.2 Å². The molecular formula is C25H29F5N4O3. The fourth-order valence-electron chi connectivity index (χ4n) is 4.49. The Kier molecular flexibility index (Phi) is 8.41. The van der Waals surface area contributed by atoms with Crippen molar-refractivity contribution < 1.29 is 36.3 Å². The molecule has 37 heavy (non-hydrogen) atoms. The van der Waals surface area contributed by atoms with Gasteiger partial charge >= 0.3 is 6.18 Å². The number of hydrogen-bond donors (Lipinski definition) is 2. The smallest absolute Gasteiger partial charge is 0.395 e. The summed E-state index contributed by atoms with van der Waals surface area (Å²) in [6.07, 6.45) is -3.68. The van der Waals surface area contributed by atoms with Gasteiger partial charge in [0.2, 0.25) is 11.8 Å². The first-order valence-electron chi connectivity index (χ1n) is 11.6. The van der Waals surface area contributed by atoms with E-state index in [0.29, 0.717) is 0 Å². The molecule has 12 heteroatoms. The first-order chi connectivity index (χ1) is 17.3. The molecule has 2 unspecified atom stereocenters. The average molecular weight is 529 g/mol. The van der Waals surface area contributed by atoms with Crippen LogP contribution in [0.1, 0.15) is 46.7 Å². The van der Waals surface area contributed by atoms with Crippen LogP contribution in [0, 0.1) is 17.0 Å². The largest absolute Gasteiger partial charge is 0.481 e. The van der Waals surface area contributed by atoms with Crippen LogP contribution in [0.4, 0.5) is 22.0 Å². The topological polar surface area (TPSA) is 97.5 Å². The predicted octanol–water partition coefficient (Wildman–Crippen LogP) is 3.57. The number of alkyl halides is 3. The van der Waals surface area contributed by atoms with Crippen LogP contribution in [0.3, 0.4) is 0 Å². The number of aromatic nitrogens is 1.